The van der Waals surface area contributed by atoms with Crippen LogP contribution in [-0.2, 0) is 0 Å². The molecule has 6 aromatic rings. The van der Waals surface area contributed by atoms with Gasteiger partial charge in [0.1, 0.15) is 11.5 Å². The highest BCUT2D eigenvalue weighted by atomic mass is 16.5. The zero-order valence-electron chi connectivity index (χ0n) is 20.5. The molecule has 0 bridgehead atoms. The van der Waals surface area contributed by atoms with Crippen molar-refractivity contribution in [2.24, 2.45) is 0 Å². The molecule has 4 heterocycles. The Bertz CT molecular complexity index is 1670. The predicted octanol–water partition coefficient (Wildman–Crippen LogP) is 6.59. The number of ether oxygens (including phenoxy) is 1. The number of aryl methyl sites for hydroxylation is 1. The maximum absolute atomic E-state index is 6.25. The van der Waals surface area contributed by atoms with Crippen LogP contribution >= 0.6 is 0 Å². The molecule has 0 aliphatic heterocycles. The monoisotopic (exact) mass is 484 g/mol. The van der Waals surface area contributed by atoms with E-state index in [4.69, 9.17) is 9.84 Å². The highest BCUT2D eigenvalue weighted by Crippen LogP contribution is 2.30. The largest absolute Gasteiger partial charge is 0.457 e. The molecule has 7 nitrogen and oxygen atoms in total. The Hall–Kier alpha value is -5.04. The number of hydrogen-bond donors (Lipinski definition) is 0. The zero-order valence-corrected chi connectivity index (χ0v) is 20.5. The van der Waals surface area contributed by atoms with Gasteiger partial charge in [0.05, 0.1) is 23.3 Å². The first-order valence-electron chi connectivity index (χ1n) is 12.0. The van der Waals surface area contributed by atoms with Crippen LogP contribution in [0.25, 0.3) is 33.6 Å². The summed E-state index contributed by atoms with van der Waals surface area (Å²) < 4.78 is 10.0. The van der Waals surface area contributed by atoms with E-state index in [1.807, 2.05) is 108 Å². The van der Waals surface area contributed by atoms with Gasteiger partial charge in [0.2, 0.25) is 0 Å². The summed E-state index contributed by atoms with van der Waals surface area (Å²) in [6.45, 7) is 4.09. The molecule has 0 amide bonds. The van der Waals surface area contributed by atoms with Crippen molar-refractivity contribution < 1.29 is 4.74 Å². The summed E-state index contributed by atoms with van der Waals surface area (Å²) in [6.07, 6.45) is 11.1. The summed E-state index contributed by atoms with van der Waals surface area (Å²) in [6, 6.07) is 23.7. The van der Waals surface area contributed by atoms with Crippen molar-refractivity contribution in [3.05, 3.63) is 121 Å². The lowest BCUT2D eigenvalue weighted by molar-refractivity contribution is 0.481. The van der Waals surface area contributed by atoms with Crippen LogP contribution in [0.15, 0.2) is 110 Å². The molecule has 37 heavy (non-hydrogen) atoms. The van der Waals surface area contributed by atoms with Gasteiger partial charge in [-0.3, -0.25) is 9.97 Å². The molecule has 0 N–H and O–H groups in total. The third kappa shape index (κ3) is 4.50. The number of rotatable bonds is 6. The van der Waals surface area contributed by atoms with Crippen LogP contribution in [-0.4, -0.2) is 29.5 Å². The Balaban J connectivity index is 1.27. The van der Waals surface area contributed by atoms with Crippen molar-refractivity contribution in [3.8, 4) is 45.1 Å². The molecular formula is C30H24N6O. The molecular weight excluding hydrogens is 460 g/mol. The van der Waals surface area contributed by atoms with Gasteiger partial charge in [-0.05, 0) is 50.2 Å². The lowest BCUT2D eigenvalue weighted by Crippen LogP contribution is -1.99. The van der Waals surface area contributed by atoms with E-state index < -0.39 is 0 Å². The molecule has 4 aromatic heterocycles. The van der Waals surface area contributed by atoms with Crippen molar-refractivity contribution >= 4 is 0 Å². The second-order valence-corrected chi connectivity index (χ2v) is 8.71. The normalized spacial score (nSPS) is 11.0. The minimum atomic E-state index is 0.720. The van der Waals surface area contributed by atoms with Gasteiger partial charge in [0.15, 0.2) is 0 Å². The molecule has 180 valence electrons. The topological polar surface area (TPSA) is 70.7 Å². The van der Waals surface area contributed by atoms with Gasteiger partial charge in [-0.15, -0.1) is 0 Å². The van der Waals surface area contributed by atoms with Crippen LogP contribution in [0.3, 0.4) is 0 Å². The molecule has 2 aromatic carbocycles. The molecule has 0 fully saturated rings. The second kappa shape index (κ2) is 9.54. The van der Waals surface area contributed by atoms with Gasteiger partial charge in [-0.2, -0.15) is 10.2 Å². The fourth-order valence-corrected chi connectivity index (χ4v) is 4.47. The fourth-order valence-electron chi connectivity index (χ4n) is 4.47. The lowest BCUT2D eigenvalue weighted by atomic mass is 10.1. The van der Waals surface area contributed by atoms with E-state index in [1.54, 1.807) is 12.4 Å². The molecule has 0 aliphatic rings. The van der Waals surface area contributed by atoms with Gasteiger partial charge in [0, 0.05) is 71.1 Å². The van der Waals surface area contributed by atoms with Crippen molar-refractivity contribution in [1.82, 2.24) is 29.5 Å². The first-order valence-corrected chi connectivity index (χ1v) is 12.0. The first kappa shape index (κ1) is 22.4. The van der Waals surface area contributed by atoms with Crippen LogP contribution in [0.1, 0.15) is 11.4 Å². The van der Waals surface area contributed by atoms with Gasteiger partial charge >= 0.3 is 0 Å². The van der Waals surface area contributed by atoms with Crippen LogP contribution in [0.2, 0.25) is 0 Å². The van der Waals surface area contributed by atoms with E-state index in [-0.39, 0.29) is 0 Å². The molecule has 7 heteroatoms. The van der Waals surface area contributed by atoms with Gasteiger partial charge < -0.3 is 4.74 Å². The number of pyridine rings is 2. The smallest absolute Gasteiger partial charge is 0.129 e. The molecule has 0 saturated heterocycles. The van der Waals surface area contributed by atoms with E-state index in [0.717, 1.165) is 56.5 Å². The summed E-state index contributed by atoms with van der Waals surface area (Å²) in [5.41, 5.74) is 8.01. The van der Waals surface area contributed by atoms with E-state index in [0.29, 0.717) is 0 Å². The van der Waals surface area contributed by atoms with E-state index in [1.165, 1.54) is 0 Å². The fraction of sp³-hybridized carbons (Fsp3) is 0.0667. The number of nitrogens with zero attached hydrogens (tertiary/aromatic N) is 6. The van der Waals surface area contributed by atoms with Gasteiger partial charge in [-0.25, -0.2) is 9.36 Å². The standard InChI is InChI=1S/C30H24N6O/c1-21-30(24-8-6-14-32-18-24)22(2)36(34-21)27-10-4-12-29(16-27)37-28-11-3-9-26(15-28)35-20-25(19-33-35)23-7-5-13-31-17-23/h3-20H,1-2H3. The highest BCUT2D eigenvalue weighted by molar-refractivity contribution is 5.68. The Labute approximate surface area is 214 Å². The Morgan fingerprint density at radius 2 is 1.35 bits per heavy atom. The third-order valence-corrected chi connectivity index (χ3v) is 6.20. The average molecular weight is 485 g/mol. The number of aromatic nitrogens is 6. The van der Waals surface area contributed by atoms with Gasteiger partial charge in [-0.1, -0.05) is 24.3 Å². The Morgan fingerprint density at radius 1 is 0.676 bits per heavy atom. The lowest BCUT2D eigenvalue weighted by Gasteiger charge is -2.10. The summed E-state index contributed by atoms with van der Waals surface area (Å²) in [7, 11) is 0. The molecule has 0 aliphatic carbocycles. The molecule has 0 saturated carbocycles. The maximum Gasteiger partial charge on any atom is 0.129 e. The molecule has 0 radical (unpaired) electrons. The van der Waals surface area contributed by atoms with Crippen LogP contribution in [0.4, 0.5) is 0 Å². The van der Waals surface area contributed by atoms with Crippen molar-refractivity contribution in [2.75, 3.05) is 0 Å². The van der Waals surface area contributed by atoms with Crippen LogP contribution < -0.4 is 4.74 Å². The van der Waals surface area contributed by atoms with E-state index >= 15 is 0 Å². The maximum atomic E-state index is 6.25. The van der Waals surface area contributed by atoms with Crippen LogP contribution in [0, 0.1) is 13.8 Å². The highest BCUT2D eigenvalue weighted by Gasteiger charge is 2.15. The van der Waals surface area contributed by atoms with Crippen molar-refractivity contribution in [1.29, 1.82) is 0 Å². The SMILES string of the molecule is Cc1nn(-c2cccc(Oc3cccc(-n4cc(-c5cccnc5)cn4)c3)c2)c(C)c1-c1cccnc1. The van der Waals surface area contributed by atoms with Crippen molar-refractivity contribution in [2.45, 2.75) is 13.8 Å². The number of hydrogen-bond acceptors (Lipinski definition) is 5. The minimum absolute atomic E-state index is 0.720. The Kier molecular flexibility index (Phi) is 5.78. The third-order valence-electron chi connectivity index (χ3n) is 6.20. The molecule has 6 rings (SSSR count). The van der Waals surface area contributed by atoms with Crippen LogP contribution in [0.5, 0.6) is 11.5 Å². The molecule has 0 spiro atoms. The minimum Gasteiger partial charge on any atom is -0.457 e. The predicted molar refractivity (Wildman–Crippen MR) is 143 cm³/mol. The van der Waals surface area contributed by atoms with E-state index in [9.17, 15) is 0 Å². The molecule has 0 unspecified atom stereocenters. The summed E-state index contributed by atoms with van der Waals surface area (Å²) in [5.74, 6) is 1.44. The van der Waals surface area contributed by atoms with Crippen molar-refractivity contribution in [3.63, 3.8) is 0 Å². The quantitative estimate of drug-likeness (QED) is 0.267. The van der Waals surface area contributed by atoms with Gasteiger partial charge in [0.25, 0.3) is 0 Å². The Morgan fingerprint density at radius 3 is 2.05 bits per heavy atom. The average Bonchev–Trinajstić information content (AvgIpc) is 3.55. The first-order chi connectivity index (χ1) is 18.2. The summed E-state index contributed by atoms with van der Waals surface area (Å²) >= 11 is 0. The summed E-state index contributed by atoms with van der Waals surface area (Å²) in [4.78, 5) is 8.46. The second-order valence-electron chi connectivity index (χ2n) is 8.71. The zero-order chi connectivity index (χ0) is 25.2. The van der Waals surface area contributed by atoms with E-state index in [2.05, 4.69) is 28.1 Å². The number of benzene rings is 2. The molecule has 0 atom stereocenters. The summed E-state index contributed by atoms with van der Waals surface area (Å²) in [5, 5.41) is 9.33.